The number of aromatic nitrogens is 3. The highest BCUT2D eigenvalue weighted by Crippen LogP contribution is 1.96. The summed E-state index contributed by atoms with van der Waals surface area (Å²) >= 11 is 0. The van der Waals surface area contributed by atoms with Crippen molar-refractivity contribution in [2.24, 2.45) is 5.92 Å². The van der Waals surface area contributed by atoms with E-state index in [0.717, 1.165) is 4.68 Å². The minimum absolute atomic E-state index is 0.132. The maximum atomic E-state index is 11.2. The number of ether oxygens (including phenoxy) is 1. The molecule has 1 heterocycles. The summed E-state index contributed by atoms with van der Waals surface area (Å²) in [4.78, 5) is 21.7. The van der Waals surface area contributed by atoms with E-state index in [9.17, 15) is 9.59 Å². The maximum absolute atomic E-state index is 11.2. The molecule has 0 spiro atoms. The molecule has 0 aliphatic carbocycles. The molecular weight excluding hydrogens is 214 g/mol. The summed E-state index contributed by atoms with van der Waals surface area (Å²) in [5, 5.41) is 15.4. The molecule has 0 radical (unpaired) electrons. The lowest BCUT2D eigenvalue weighted by Gasteiger charge is -2.06. The molecular formula is C9H13N3O4. The lowest BCUT2D eigenvalue weighted by atomic mass is 10.2. The summed E-state index contributed by atoms with van der Waals surface area (Å²) in [5.74, 6) is -1.38. The predicted molar refractivity (Wildman–Crippen MR) is 52.8 cm³/mol. The van der Waals surface area contributed by atoms with Crippen molar-refractivity contribution in [1.29, 1.82) is 0 Å². The van der Waals surface area contributed by atoms with Crippen molar-refractivity contribution in [3.8, 4) is 0 Å². The van der Waals surface area contributed by atoms with Crippen molar-refractivity contribution in [3.05, 3.63) is 11.9 Å². The van der Waals surface area contributed by atoms with Gasteiger partial charge in [0, 0.05) is 0 Å². The first-order valence-corrected chi connectivity index (χ1v) is 4.78. The Bertz CT molecular complexity index is 386. The number of rotatable bonds is 5. The van der Waals surface area contributed by atoms with E-state index in [0.29, 0.717) is 6.61 Å². The molecule has 7 heteroatoms. The van der Waals surface area contributed by atoms with E-state index in [1.807, 2.05) is 13.8 Å². The molecule has 1 aromatic heterocycles. The van der Waals surface area contributed by atoms with Gasteiger partial charge in [-0.3, -0.25) is 4.79 Å². The third kappa shape index (κ3) is 3.68. The lowest BCUT2D eigenvalue weighted by Crippen LogP contribution is -2.16. The van der Waals surface area contributed by atoms with E-state index in [4.69, 9.17) is 9.84 Å². The van der Waals surface area contributed by atoms with Gasteiger partial charge >= 0.3 is 11.9 Å². The SMILES string of the molecule is CC(C)COC(=O)Cn1cc(C(=O)O)nn1. The van der Waals surface area contributed by atoms with Crippen molar-refractivity contribution >= 4 is 11.9 Å². The number of hydrogen-bond acceptors (Lipinski definition) is 5. The highest BCUT2D eigenvalue weighted by Gasteiger charge is 2.11. The number of aromatic carboxylic acids is 1. The molecule has 0 saturated carbocycles. The van der Waals surface area contributed by atoms with Crippen LogP contribution in [0, 0.1) is 5.92 Å². The second-order valence-corrected chi connectivity index (χ2v) is 3.68. The minimum Gasteiger partial charge on any atom is -0.476 e. The number of carbonyl (C=O) groups is 2. The van der Waals surface area contributed by atoms with Gasteiger partial charge in [-0.2, -0.15) is 0 Å². The second-order valence-electron chi connectivity index (χ2n) is 3.68. The van der Waals surface area contributed by atoms with Crippen molar-refractivity contribution < 1.29 is 19.4 Å². The van der Waals surface area contributed by atoms with E-state index in [1.165, 1.54) is 6.20 Å². The summed E-state index contributed by atoms with van der Waals surface area (Å²) in [6, 6.07) is 0. The Labute approximate surface area is 92.0 Å². The van der Waals surface area contributed by atoms with Gasteiger partial charge < -0.3 is 9.84 Å². The normalized spacial score (nSPS) is 10.4. The minimum atomic E-state index is -1.18. The molecule has 16 heavy (non-hydrogen) atoms. The van der Waals surface area contributed by atoms with Gasteiger partial charge in [0.15, 0.2) is 5.69 Å². The van der Waals surface area contributed by atoms with Crippen molar-refractivity contribution in [2.75, 3.05) is 6.61 Å². The van der Waals surface area contributed by atoms with Gasteiger partial charge in [0.1, 0.15) is 6.54 Å². The van der Waals surface area contributed by atoms with Gasteiger partial charge in [0.05, 0.1) is 12.8 Å². The molecule has 0 saturated heterocycles. The molecule has 0 atom stereocenters. The summed E-state index contributed by atoms with van der Waals surface area (Å²) in [6.07, 6.45) is 1.18. The third-order valence-electron chi connectivity index (χ3n) is 1.63. The number of carbonyl (C=O) groups excluding carboxylic acids is 1. The topological polar surface area (TPSA) is 94.3 Å². The monoisotopic (exact) mass is 227 g/mol. The molecule has 0 aliphatic heterocycles. The first-order chi connectivity index (χ1) is 7.49. The number of carboxylic acid groups (broad SMARTS) is 1. The van der Waals surface area contributed by atoms with Crippen LogP contribution in [0.3, 0.4) is 0 Å². The summed E-state index contributed by atoms with van der Waals surface area (Å²) in [6.45, 7) is 4.04. The van der Waals surface area contributed by atoms with E-state index in [2.05, 4.69) is 10.3 Å². The van der Waals surface area contributed by atoms with Crippen LogP contribution in [0.4, 0.5) is 0 Å². The summed E-state index contributed by atoms with van der Waals surface area (Å²) in [7, 11) is 0. The maximum Gasteiger partial charge on any atom is 0.358 e. The van der Waals surface area contributed by atoms with E-state index < -0.39 is 11.9 Å². The Morgan fingerprint density at radius 3 is 2.75 bits per heavy atom. The predicted octanol–water partition coefficient (Wildman–Crippen LogP) is 0.175. The second kappa shape index (κ2) is 5.24. The van der Waals surface area contributed by atoms with E-state index in [-0.39, 0.29) is 18.2 Å². The lowest BCUT2D eigenvalue weighted by molar-refractivity contribution is -0.145. The Balaban J connectivity index is 2.46. The smallest absolute Gasteiger partial charge is 0.358 e. The highest BCUT2D eigenvalue weighted by atomic mass is 16.5. The zero-order valence-corrected chi connectivity index (χ0v) is 9.08. The number of hydrogen-bond donors (Lipinski definition) is 1. The van der Waals surface area contributed by atoms with Gasteiger partial charge in [-0.05, 0) is 5.92 Å². The summed E-state index contributed by atoms with van der Waals surface area (Å²) in [5.41, 5.74) is -0.198. The standard InChI is InChI=1S/C9H13N3O4/c1-6(2)5-16-8(13)4-12-3-7(9(14)15)10-11-12/h3,6H,4-5H2,1-2H3,(H,14,15). The third-order valence-corrected chi connectivity index (χ3v) is 1.63. The molecule has 7 nitrogen and oxygen atoms in total. The van der Waals surface area contributed by atoms with Crippen molar-refractivity contribution in [3.63, 3.8) is 0 Å². The zero-order chi connectivity index (χ0) is 12.1. The van der Waals surface area contributed by atoms with Crippen LogP contribution in [0.1, 0.15) is 24.3 Å². The Morgan fingerprint density at radius 2 is 2.25 bits per heavy atom. The fraction of sp³-hybridized carbons (Fsp3) is 0.556. The average Bonchev–Trinajstić information content (AvgIpc) is 2.63. The van der Waals surface area contributed by atoms with Crippen LogP contribution in [0.5, 0.6) is 0 Å². The molecule has 0 aromatic carbocycles. The van der Waals surface area contributed by atoms with Gasteiger partial charge in [-0.25, -0.2) is 9.48 Å². The van der Waals surface area contributed by atoms with E-state index in [1.54, 1.807) is 0 Å². The molecule has 0 unspecified atom stereocenters. The van der Waals surface area contributed by atoms with Crippen LogP contribution in [0.15, 0.2) is 6.20 Å². The molecule has 0 amide bonds. The van der Waals surface area contributed by atoms with Gasteiger partial charge in [0.25, 0.3) is 0 Å². The van der Waals surface area contributed by atoms with E-state index >= 15 is 0 Å². The van der Waals surface area contributed by atoms with Crippen LogP contribution in [-0.2, 0) is 16.1 Å². The first kappa shape index (κ1) is 12.2. The van der Waals surface area contributed by atoms with Gasteiger partial charge in [-0.1, -0.05) is 19.1 Å². The van der Waals surface area contributed by atoms with Crippen molar-refractivity contribution in [1.82, 2.24) is 15.0 Å². The van der Waals surface area contributed by atoms with Gasteiger partial charge in [0.2, 0.25) is 0 Å². The first-order valence-electron chi connectivity index (χ1n) is 4.78. The molecule has 1 N–H and O–H groups in total. The Kier molecular flexibility index (Phi) is 3.98. The molecule has 0 aliphatic rings. The average molecular weight is 227 g/mol. The molecule has 88 valence electrons. The zero-order valence-electron chi connectivity index (χ0n) is 9.08. The number of nitrogens with zero attached hydrogens (tertiary/aromatic N) is 3. The quantitative estimate of drug-likeness (QED) is 0.721. The largest absolute Gasteiger partial charge is 0.476 e. The van der Waals surface area contributed by atoms with Crippen LogP contribution < -0.4 is 0 Å². The molecule has 1 aromatic rings. The Hall–Kier alpha value is -1.92. The van der Waals surface area contributed by atoms with Crippen LogP contribution in [0.25, 0.3) is 0 Å². The number of carboxylic acids is 1. The van der Waals surface area contributed by atoms with Crippen LogP contribution in [-0.4, -0.2) is 38.6 Å². The number of esters is 1. The molecule has 0 bridgehead atoms. The highest BCUT2D eigenvalue weighted by molar-refractivity contribution is 5.84. The molecule has 1 rings (SSSR count). The fourth-order valence-electron chi connectivity index (χ4n) is 0.911. The molecule has 0 fully saturated rings. The summed E-state index contributed by atoms with van der Waals surface area (Å²) < 4.78 is 6.03. The van der Waals surface area contributed by atoms with Crippen molar-refractivity contribution in [2.45, 2.75) is 20.4 Å². The van der Waals surface area contributed by atoms with Crippen LogP contribution in [0.2, 0.25) is 0 Å². The van der Waals surface area contributed by atoms with Gasteiger partial charge in [-0.15, -0.1) is 5.10 Å². The Morgan fingerprint density at radius 1 is 1.56 bits per heavy atom. The fourth-order valence-corrected chi connectivity index (χ4v) is 0.911. The van der Waals surface area contributed by atoms with Crippen LogP contribution >= 0.6 is 0 Å².